The highest BCUT2D eigenvalue weighted by Gasteiger charge is 2.57. The van der Waals surface area contributed by atoms with Gasteiger partial charge in [-0.05, 0) is 0 Å². The van der Waals surface area contributed by atoms with Crippen LogP contribution in [0.4, 0.5) is 0 Å². The third kappa shape index (κ3) is 1.12. The topological polar surface area (TPSA) is 59.1 Å². The van der Waals surface area contributed by atoms with Crippen molar-refractivity contribution in [2.45, 2.75) is 37.8 Å². The summed E-state index contributed by atoms with van der Waals surface area (Å²) in [5.74, 6) is -0.307. The Morgan fingerprint density at radius 2 is 2.36 bits per heavy atom. The summed E-state index contributed by atoms with van der Waals surface area (Å²) in [6.45, 7) is 1.36. The molecule has 1 N–H and O–H groups in total. The lowest BCUT2D eigenvalue weighted by Crippen LogP contribution is -2.21. The van der Waals surface area contributed by atoms with Gasteiger partial charge in [-0.25, -0.2) is 0 Å². The second-order valence-corrected chi connectivity index (χ2v) is 3.02. The first-order valence-corrected chi connectivity index (χ1v) is 3.69. The van der Waals surface area contributed by atoms with Gasteiger partial charge in [0.15, 0.2) is 0 Å². The Morgan fingerprint density at radius 3 is 2.73 bits per heavy atom. The smallest absolute Gasteiger partial charge is 0.302 e. The number of carbonyl (C=O) groups excluding carboxylic acids is 1. The summed E-state index contributed by atoms with van der Waals surface area (Å²) in [5, 5.41) is 9.21. The van der Waals surface area contributed by atoms with Crippen LogP contribution in [-0.4, -0.2) is 35.5 Å². The van der Waals surface area contributed by atoms with Crippen LogP contribution in [0.5, 0.6) is 0 Å². The molecule has 0 aromatic carbocycles. The van der Waals surface area contributed by atoms with Gasteiger partial charge < -0.3 is 14.6 Å². The standard InChI is InChI=1S/C7H10O4/c1-3(8)10-5-2-4(9)6-7(5)11-6/h4-7,9H,2H2,1H3/t4-,5+,6-,7+/m0/s1. The normalized spacial score (nSPS) is 46.7. The van der Waals surface area contributed by atoms with E-state index in [0.717, 1.165) is 0 Å². The molecule has 4 heteroatoms. The van der Waals surface area contributed by atoms with Gasteiger partial charge in [0.25, 0.3) is 0 Å². The number of aliphatic hydroxyl groups excluding tert-OH is 1. The Bertz CT molecular complexity index is 191. The molecule has 1 saturated heterocycles. The summed E-state index contributed by atoms with van der Waals surface area (Å²) >= 11 is 0. The van der Waals surface area contributed by atoms with Crippen molar-refractivity contribution in [1.29, 1.82) is 0 Å². The molecule has 0 radical (unpaired) electrons. The molecule has 0 unspecified atom stereocenters. The Hall–Kier alpha value is -0.610. The molecule has 2 aliphatic rings. The molecular formula is C7H10O4. The van der Waals surface area contributed by atoms with Crippen LogP contribution in [0.2, 0.25) is 0 Å². The van der Waals surface area contributed by atoms with E-state index < -0.39 is 6.10 Å². The molecule has 2 fully saturated rings. The van der Waals surface area contributed by atoms with Crippen LogP contribution in [0.15, 0.2) is 0 Å². The minimum absolute atomic E-state index is 0.0334. The number of hydrogen-bond acceptors (Lipinski definition) is 4. The molecule has 2 rings (SSSR count). The Labute approximate surface area is 64.1 Å². The number of fused-ring (bicyclic) bond motifs is 1. The average Bonchev–Trinajstić information content (AvgIpc) is 2.57. The molecule has 4 atom stereocenters. The molecule has 0 amide bonds. The first-order chi connectivity index (χ1) is 5.18. The molecule has 0 aromatic rings. The fraction of sp³-hybridized carbons (Fsp3) is 0.857. The maximum absolute atomic E-state index is 10.5. The fourth-order valence-corrected chi connectivity index (χ4v) is 1.58. The average molecular weight is 158 g/mol. The summed E-state index contributed by atoms with van der Waals surface area (Å²) in [6.07, 6.45) is -0.236. The molecule has 0 aromatic heterocycles. The van der Waals surface area contributed by atoms with Gasteiger partial charge >= 0.3 is 5.97 Å². The highest BCUT2D eigenvalue weighted by atomic mass is 16.6. The van der Waals surface area contributed by atoms with E-state index >= 15 is 0 Å². The maximum atomic E-state index is 10.5. The van der Waals surface area contributed by atoms with E-state index in [9.17, 15) is 9.90 Å². The van der Waals surface area contributed by atoms with Gasteiger partial charge in [0.05, 0.1) is 6.10 Å². The molecule has 0 bridgehead atoms. The highest BCUT2D eigenvalue weighted by Crippen LogP contribution is 2.40. The quantitative estimate of drug-likeness (QED) is 0.411. The summed E-state index contributed by atoms with van der Waals surface area (Å²) < 4.78 is 9.96. The first-order valence-electron chi connectivity index (χ1n) is 3.69. The highest BCUT2D eigenvalue weighted by molar-refractivity contribution is 5.66. The lowest BCUT2D eigenvalue weighted by molar-refractivity contribution is -0.148. The van der Waals surface area contributed by atoms with Crippen molar-refractivity contribution in [3.05, 3.63) is 0 Å². The second kappa shape index (κ2) is 2.19. The zero-order valence-electron chi connectivity index (χ0n) is 6.19. The molecular weight excluding hydrogens is 148 g/mol. The summed E-state index contributed by atoms with van der Waals surface area (Å²) in [7, 11) is 0. The molecule has 4 nitrogen and oxygen atoms in total. The molecule has 62 valence electrons. The zero-order valence-corrected chi connectivity index (χ0v) is 6.19. The van der Waals surface area contributed by atoms with Gasteiger partial charge in [-0.15, -0.1) is 0 Å². The monoisotopic (exact) mass is 158 g/mol. The van der Waals surface area contributed by atoms with E-state index in [-0.39, 0.29) is 24.3 Å². The number of rotatable bonds is 1. The van der Waals surface area contributed by atoms with Crippen molar-refractivity contribution in [2.75, 3.05) is 0 Å². The Morgan fingerprint density at radius 1 is 1.64 bits per heavy atom. The van der Waals surface area contributed by atoms with Crippen LogP contribution in [-0.2, 0) is 14.3 Å². The molecule has 1 aliphatic heterocycles. The van der Waals surface area contributed by atoms with E-state index in [1.165, 1.54) is 6.92 Å². The van der Waals surface area contributed by atoms with Crippen molar-refractivity contribution in [3.8, 4) is 0 Å². The van der Waals surface area contributed by atoms with Crippen molar-refractivity contribution < 1.29 is 19.4 Å². The van der Waals surface area contributed by atoms with E-state index in [0.29, 0.717) is 6.42 Å². The molecule has 1 aliphatic carbocycles. The van der Waals surface area contributed by atoms with Gasteiger partial charge in [0.2, 0.25) is 0 Å². The van der Waals surface area contributed by atoms with Gasteiger partial charge in [0, 0.05) is 13.3 Å². The predicted octanol–water partition coefficient (Wildman–Crippen LogP) is -0.550. The predicted molar refractivity (Wildman–Crippen MR) is 34.8 cm³/mol. The summed E-state index contributed by atoms with van der Waals surface area (Å²) in [4.78, 5) is 10.5. The van der Waals surface area contributed by atoms with Gasteiger partial charge in [-0.3, -0.25) is 4.79 Å². The van der Waals surface area contributed by atoms with E-state index in [1.54, 1.807) is 0 Å². The molecule has 1 saturated carbocycles. The van der Waals surface area contributed by atoms with E-state index in [2.05, 4.69) is 0 Å². The summed E-state index contributed by atoms with van der Waals surface area (Å²) in [5.41, 5.74) is 0. The van der Waals surface area contributed by atoms with Crippen LogP contribution in [0.3, 0.4) is 0 Å². The second-order valence-electron chi connectivity index (χ2n) is 3.02. The number of epoxide rings is 1. The Kier molecular flexibility index (Phi) is 1.40. The molecule has 0 spiro atoms. The van der Waals surface area contributed by atoms with E-state index in [1.807, 2.05) is 0 Å². The SMILES string of the molecule is CC(=O)O[C@@H]1C[C@H](O)[C@@H]2O[C@@H]21. The van der Waals surface area contributed by atoms with Crippen molar-refractivity contribution in [1.82, 2.24) is 0 Å². The minimum atomic E-state index is -0.440. The van der Waals surface area contributed by atoms with Crippen LogP contribution in [0.25, 0.3) is 0 Å². The number of ether oxygens (including phenoxy) is 2. The van der Waals surface area contributed by atoms with Gasteiger partial charge in [0.1, 0.15) is 18.3 Å². The minimum Gasteiger partial charge on any atom is -0.460 e. The van der Waals surface area contributed by atoms with Crippen LogP contribution < -0.4 is 0 Å². The van der Waals surface area contributed by atoms with Crippen molar-refractivity contribution in [2.24, 2.45) is 0 Å². The number of hydrogen-bond donors (Lipinski definition) is 1. The van der Waals surface area contributed by atoms with E-state index in [4.69, 9.17) is 9.47 Å². The molecule has 11 heavy (non-hydrogen) atoms. The first kappa shape index (κ1) is 7.06. The third-order valence-electron chi connectivity index (χ3n) is 2.10. The van der Waals surface area contributed by atoms with Crippen LogP contribution in [0.1, 0.15) is 13.3 Å². The number of carbonyl (C=O) groups is 1. The Balaban J connectivity index is 1.92. The van der Waals surface area contributed by atoms with Gasteiger partial charge in [-0.2, -0.15) is 0 Å². The van der Waals surface area contributed by atoms with Crippen LogP contribution >= 0.6 is 0 Å². The summed E-state index contributed by atoms with van der Waals surface area (Å²) in [6, 6.07) is 0. The van der Waals surface area contributed by atoms with Crippen LogP contribution in [0, 0.1) is 0 Å². The van der Waals surface area contributed by atoms with Gasteiger partial charge in [-0.1, -0.05) is 0 Å². The third-order valence-corrected chi connectivity index (χ3v) is 2.10. The lowest BCUT2D eigenvalue weighted by atomic mass is 10.3. The lowest BCUT2D eigenvalue weighted by Gasteiger charge is -2.11. The van der Waals surface area contributed by atoms with Crippen molar-refractivity contribution >= 4 is 5.97 Å². The number of esters is 1. The maximum Gasteiger partial charge on any atom is 0.302 e. The van der Waals surface area contributed by atoms with Crippen molar-refractivity contribution in [3.63, 3.8) is 0 Å². The largest absolute Gasteiger partial charge is 0.460 e. The molecule has 1 heterocycles. The number of aliphatic hydroxyl groups is 1. The zero-order chi connectivity index (χ0) is 8.01. The fourth-order valence-electron chi connectivity index (χ4n) is 1.58.